The van der Waals surface area contributed by atoms with Gasteiger partial charge in [0.05, 0.1) is 11.7 Å². The van der Waals surface area contributed by atoms with Gasteiger partial charge in [-0.2, -0.15) is 0 Å². The van der Waals surface area contributed by atoms with Crippen LogP contribution < -0.4 is 5.32 Å². The van der Waals surface area contributed by atoms with Gasteiger partial charge >= 0.3 is 0 Å². The number of nitrogens with one attached hydrogen (secondary N) is 1. The molecule has 1 aromatic carbocycles. The third-order valence-electron chi connectivity index (χ3n) is 6.23. The Morgan fingerprint density at radius 2 is 2.03 bits per heavy atom. The molecule has 0 saturated carbocycles. The maximum Gasteiger partial charge on any atom is 0.249 e. The summed E-state index contributed by atoms with van der Waals surface area (Å²) in [6.45, 7) is 5.86. The highest BCUT2D eigenvalue weighted by Crippen LogP contribution is 2.30. The first-order valence-electron chi connectivity index (χ1n) is 11.5. The average Bonchev–Trinajstić information content (AvgIpc) is 3.34. The van der Waals surface area contributed by atoms with Crippen LogP contribution in [0.4, 0.5) is 0 Å². The molecule has 1 aromatic heterocycles. The molecular formula is C26H33N3O2. The summed E-state index contributed by atoms with van der Waals surface area (Å²) in [5.41, 5.74) is 3.53. The Morgan fingerprint density at radius 3 is 2.77 bits per heavy atom. The standard InChI is InChI=1S/C26H33N3O2/c1-20(17-21-9-3-2-4-10-21)18-29-15-7-11-22(19-29)25(23-12-5-6-14-27-23)28-26(30)24-13-8-16-31-24/h2-6,9-10,12,14,17,22,24-25H,7-8,11,13,15-16,18-19H2,1H3,(H,28,30)/b20-17+/t22-,24+,25+/m1/s1. The van der Waals surface area contributed by atoms with E-state index in [-0.39, 0.29) is 18.1 Å². The highest BCUT2D eigenvalue weighted by molar-refractivity contribution is 5.81. The number of carbonyl (C=O) groups excluding carboxylic acids is 1. The van der Waals surface area contributed by atoms with E-state index in [4.69, 9.17) is 4.74 Å². The number of piperidine rings is 1. The predicted molar refractivity (Wildman–Crippen MR) is 123 cm³/mol. The molecular weight excluding hydrogens is 386 g/mol. The van der Waals surface area contributed by atoms with Crippen LogP contribution in [0.15, 0.2) is 60.3 Å². The van der Waals surface area contributed by atoms with Crippen molar-refractivity contribution in [2.24, 2.45) is 5.92 Å². The lowest BCUT2D eigenvalue weighted by atomic mass is 9.88. The van der Waals surface area contributed by atoms with Crippen molar-refractivity contribution in [3.05, 3.63) is 71.6 Å². The van der Waals surface area contributed by atoms with Crippen molar-refractivity contribution in [2.45, 2.75) is 44.8 Å². The van der Waals surface area contributed by atoms with Gasteiger partial charge in [-0.15, -0.1) is 0 Å². The Labute approximate surface area is 185 Å². The van der Waals surface area contributed by atoms with Crippen molar-refractivity contribution < 1.29 is 9.53 Å². The average molecular weight is 420 g/mol. The molecule has 164 valence electrons. The van der Waals surface area contributed by atoms with Crippen LogP contribution in [0.2, 0.25) is 0 Å². The molecule has 0 radical (unpaired) electrons. The Balaban J connectivity index is 1.44. The van der Waals surface area contributed by atoms with Gasteiger partial charge in [0, 0.05) is 25.9 Å². The summed E-state index contributed by atoms with van der Waals surface area (Å²) >= 11 is 0. The van der Waals surface area contributed by atoms with Crippen molar-refractivity contribution in [1.82, 2.24) is 15.2 Å². The van der Waals surface area contributed by atoms with Crippen molar-refractivity contribution in [1.29, 1.82) is 0 Å². The first kappa shape index (κ1) is 21.7. The minimum Gasteiger partial charge on any atom is -0.368 e. The minimum absolute atomic E-state index is 0.00503. The molecule has 0 aliphatic carbocycles. The number of hydrogen-bond acceptors (Lipinski definition) is 4. The lowest BCUT2D eigenvalue weighted by Crippen LogP contribution is -2.45. The number of pyridine rings is 1. The molecule has 2 aromatic rings. The smallest absolute Gasteiger partial charge is 0.249 e. The molecule has 5 nitrogen and oxygen atoms in total. The van der Waals surface area contributed by atoms with Gasteiger partial charge in [-0.1, -0.05) is 48.0 Å². The molecule has 2 saturated heterocycles. The maximum absolute atomic E-state index is 12.8. The molecule has 5 heteroatoms. The Bertz CT molecular complexity index is 863. The Hall–Kier alpha value is -2.50. The van der Waals surface area contributed by atoms with Gasteiger partial charge in [0.25, 0.3) is 0 Å². The Morgan fingerprint density at radius 1 is 1.19 bits per heavy atom. The van der Waals surface area contributed by atoms with E-state index in [0.29, 0.717) is 12.5 Å². The zero-order valence-corrected chi connectivity index (χ0v) is 18.4. The lowest BCUT2D eigenvalue weighted by Gasteiger charge is -2.37. The lowest BCUT2D eigenvalue weighted by molar-refractivity contribution is -0.131. The second kappa shape index (κ2) is 10.7. The molecule has 2 aliphatic rings. The van der Waals surface area contributed by atoms with E-state index in [0.717, 1.165) is 51.0 Å². The second-order valence-corrected chi connectivity index (χ2v) is 8.78. The van der Waals surface area contributed by atoms with Crippen LogP contribution in [0.5, 0.6) is 0 Å². The van der Waals surface area contributed by atoms with Crippen LogP contribution in [-0.2, 0) is 9.53 Å². The van der Waals surface area contributed by atoms with Crippen molar-refractivity contribution in [3.8, 4) is 0 Å². The van der Waals surface area contributed by atoms with Crippen LogP contribution in [0.3, 0.4) is 0 Å². The van der Waals surface area contributed by atoms with Crippen LogP contribution in [0, 0.1) is 5.92 Å². The van der Waals surface area contributed by atoms with Crippen molar-refractivity contribution in [3.63, 3.8) is 0 Å². The molecule has 1 N–H and O–H groups in total. The van der Waals surface area contributed by atoms with Crippen molar-refractivity contribution in [2.75, 3.05) is 26.2 Å². The number of hydrogen-bond donors (Lipinski definition) is 1. The highest BCUT2D eigenvalue weighted by Gasteiger charge is 2.33. The predicted octanol–water partition coefficient (Wildman–Crippen LogP) is 4.23. The second-order valence-electron chi connectivity index (χ2n) is 8.78. The monoisotopic (exact) mass is 419 g/mol. The fourth-order valence-electron chi connectivity index (χ4n) is 4.76. The molecule has 3 heterocycles. The van der Waals surface area contributed by atoms with E-state index in [9.17, 15) is 4.79 Å². The fourth-order valence-corrected chi connectivity index (χ4v) is 4.76. The molecule has 0 bridgehead atoms. The van der Waals surface area contributed by atoms with Gasteiger partial charge in [-0.25, -0.2) is 0 Å². The zero-order valence-electron chi connectivity index (χ0n) is 18.4. The number of ether oxygens (including phenoxy) is 1. The molecule has 0 spiro atoms. The summed E-state index contributed by atoms with van der Waals surface area (Å²) in [6, 6.07) is 16.3. The van der Waals surface area contributed by atoms with Crippen LogP contribution in [0.1, 0.15) is 49.9 Å². The minimum atomic E-state index is -0.318. The van der Waals surface area contributed by atoms with E-state index >= 15 is 0 Å². The van der Waals surface area contributed by atoms with Crippen LogP contribution >= 0.6 is 0 Å². The number of likely N-dealkylation sites (tertiary alicyclic amines) is 1. The van der Waals surface area contributed by atoms with Crippen LogP contribution in [-0.4, -0.2) is 48.1 Å². The summed E-state index contributed by atoms with van der Waals surface area (Å²) in [5, 5.41) is 3.29. The van der Waals surface area contributed by atoms with E-state index < -0.39 is 0 Å². The maximum atomic E-state index is 12.8. The summed E-state index contributed by atoms with van der Waals surface area (Å²) in [7, 11) is 0. The van der Waals surface area contributed by atoms with Crippen molar-refractivity contribution >= 4 is 12.0 Å². The molecule has 1 amide bonds. The number of benzene rings is 1. The summed E-state index contributed by atoms with van der Waals surface area (Å²) < 4.78 is 5.62. The van der Waals surface area contributed by atoms with Gasteiger partial charge in [-0.3, -0.25) is 14.7 Å². The zero-order chi connectivity index (χ0) is 21.5. The molecule has 3 atom stereocenters. The number of aromatic nitrogens is 1. The number of amides is 1. The quantitative estimate of drug-likeness (QED) is 0.730. The first-order chi connectivity index (χ1) is 15.2. The largest absolute Gasteiger partial charge is 0.368 e. The molecule has 4 rings (SSSR count). The molecule has 2 aliphatic heterocycles. The van der Waals surface area contributed by atoms with Gasteiger partial charge in [0.2, 0.25) is 5.91 Å². The van der Waals surface area contributed by atoms with Crippen LogP contribution in [0.25, 0.3) is 6.08 Å². The van der Waals surface area contributed by atoms with E-state index in [1.54, 1.807) is 0 Å². The highest BCUT2D eigenvalue weighted by atomic mass is 16.5. The van der Waals surface area contributed by atoms with Gasteiger partial charge in [0.15, 0.2) is 0 Å². The molecule has 0 unspecified atom stereocenters. The summed E-state index contributed by atoms with van der Waals surface area (Å²) in [4.78, 5) is 19.9. The van der Waals surface area contributed by atoms with Gasteiger partial charge in [0.1, 0.15) is 6.10 Å². The SMILES string of the molecule is C/C(=C\c1ccccc1)CN1CCC[C@@H]([C@H](NC(=O)[C@@H]2CCCO2)c2ccccn2)C1. The number of carbonyl (C=O) groups is 1. The van der Waals surface area contributed by atoms with Gasteiger partial charge < -0.3 is 10.1 Å². The van der Waals surface area contributed by atoms with E-state index in [1.807, 2.05) is 30.5 Å². The number of nitrogens with zero attached hydrogens (tertiary/aromatic N) is 2. The summed E-state index contributed by atoms with van der Waals surface area (Å²) in [6.07, 6.45) is 7.74. The summed E-state index contributed by atoms with van der Waals surface area (Å²) in [5.74, 6) is 0.337. The third kappa shape index (κ3) is 6.02. The molecule has 31 heavy (non-hydrogen) atoms. The van der Waals surface area contributed by atoms with E-state index in [1.165, 1.54) is 11.1 Å². The van der Waals surface area contributed by atoms with Gasteiger partial charge in [-0.05, 0) is 62.8 Å². The fraction of sp³-hybridized carbons (Fsp3) is 0.462. The number of rotatable bonds is 7. The first-order valence-corrected chi connectivity index (χ1v) is 11.5. The molecule has 2 fully saturated rings. The van der Waals surface area contributed by atoms with E-state index in [2.05, 4.69) is 52.5 Å². The normalized spacial score (nSPS) is 23.5. The third-order valence-corrected chi connectivity index (χ3v) is 6.23. The Kier molecular flexibility index (Phi) is 7.49. The topological polar surface area (TPSA) is 54.5 Å².